The number of fused-ring (bicyclic) bond motifs is 1. The minimum atomic E-state index is -0.435. The fourth-order valence-electron chi connectivity index (χ4n) is 3.53. The van der Waals surface area contributed by atoms with Crippen LogP contribution in [0.3, 0.4) is 0 Å². The second-order valence-electron chi connectivity index (χ2n) is 7.77. The highest BCUT2D eigenvalue weighted by Gasteiger charge is 2.33. The molecule has 3 heterocycles. The Balaban J connectivity index is 1.62. The molecule has 1 amide bonds. The number of ether oxygens (including phenoxy) is 1. The number of likely N-dealkylation sites (tertiary alicyclic amines) is 1. The molecule has 1 N–H and O–H groups in total. The first-order valence-corrected chi connectivity index (χ1v) is 8.60. The van der Waals surface area contributed by atoms with Crippen molar-refractivity contribution in [2.24, 2.45) is 5.92 Å². The van der Waals surface area contributed by atoms with Gasteiger partial charge in [0.05, 0.1) is 5.69 Å². The van der Waals surface area contributed by atoms with Gasteiger partial charge < -0.3 is 19.5 Å². The lowest BCUT2D eigenvalue weighted by Gasteiger charge is -2.39. The van der Waals surface area contributed by atoms with Gasteiger partial charge in [0.15, 0.2) is 0 Å². The first-order valence-electron chi connectivity index (χ1n) is 8.60. The van der Waals surface area contributed by atoms with E-state index in [4.69, 9.17) is 4.74 Å². The quantitative estimate of drug-likeness (QED) is 0.864. The molecule has 0 spiro atoms. The zero-order valence-electron chi connectivity index (χ0n) is 14.6. The van der Waals surface area contributed by atoms with Gasteiger partial charge in [-0.05, 0) is 52.9 Å². The normalized spacial score (nSPS) is 24.8. The first kappa shape index (κ1) is 16.1. The van der Waals surface area contributed by atoms with Crippen LogP contribution in [0, 0.1) is 12.8 Å². The maximum atomic E-state index is 12.3. The largest absolute Gasteiger partial charge is 0.444 e. The second-order valence-corrected chi connectivity index (χ2v) is 7.77. The van der Waals surface area contributed by atoms with E-state index in [0.29, 0.717) is 12.0 Å². The maximum absolute atomic E-state index is 12.3. The molecule has 2 atom stereocenters. The number of rotatable bonds is 1. The van der Waals surface area contributed by atoms with Crippen LogP contribution in [0.4, 0.5) is 10.7 Å². The highest BCUT2D eigenvalue weighted by atomic mass is 16.6. The molecule has 1 fully saturated rings. The van der Waals surface area contributed by atoms with Crippen LogP contribution in [0.15, 0.2) is 6.20 Å². The topological polar surface area (TPSA) is 59.4 Å². The molecule has 2 unspecified atom stereocenters. The predicted octanol–water partition coefficient (Wildman–Crippen LogP) is 3.02. The molecule has 1 saturated heterocycles. The highest BCUT2D eigenvalue weighted by molar-refractivity contribution is 5.68. The number of nitrogens with one attached hydrogen (secondary N) is 1. The van der Waals surface area contributed by atoms with Crippen molar-refractivity contribution in [3.8, 4) is 0 Å². The molecule has 0 radical (unpaired) electrons. The average Bonchev–Trinajstić information content (AvgIpc) is 2.84. The highest BCUT2D eigenvalue weighted by Crippen LogP contribution is 2.28. The smallest absolute Gasteiger partial charge is 0.410 e. The maximum Gasteiger partial charge on any atom is 0.410 e. The SMILES string of the molecule is Cc1cn2c(n1)NC(C1CCCN(C(=O)OC(C)(C)C)C1)CC2. The average molecular weight is 320 g/mol. The molecule has 6 heteroatoms. The second kappa shape index (κ2) is 6.06. The van der Waals surface area contributed by atoms with E-state index in [1.54, 1.807) is 0 Å². The van der Waals surface area contributed by atoms with Gasteiger partial charge in [-0.15, -0.1) is 0 Å². The standard InChI is InChI=1S/C17H28N4O2/c1-12-10-20-9-7-14(19-15(20)18-12)13-6-5-8-21(11-13)16(22)23-17(2,3)4/h10,13-14H,5-9,11H2,1-4H3,(H,18,19). The number of hydrogen-bond donors (Lipinski definition) is 1. The van der Waals surface area contributed by atoms with Gasteiger partial charge in [0, 0.05) is 31.9 Å². The molecular formula is C17H28N4O2. The van der Waals surface area contributed by atoms with E-state index < -0.39 is 5.60 Å². The zero-order chi connectivity index (χ0) is 16.6. The number of carbonyl (C=O) groups excluding carboxylic acids is 1. The fraction of sp³-hybridized carbons (Fsp3) is 0.765. The monoisotopic (exact) mass is 320 g/mol. The molecule has 0 bridgehead atoms. The van der Waals surface area contributed by atoms with Crippen LogP contribution < -0.4 is 5.32 Å². The summed E-state index contributed by atoms with van der Waals surface area (Å²) < 4.78 is 7.70. The van der Waals surface area contributed by atoms with Crippen LogP contribution in [0.25, 0.3) is 0 Å². The van der Waals surface area contributed by atoms with E-state index in [-0.39, 0.29) is 6.09 Å². The summed E-state index contributed by atoms with van der Waals surface area (Å²) in [5.74, 6) is 1.43. The van der Waals surface area contributed by atoms with E-state index in [1.807, 2.05) is 32.6 Å². The Morgan fingerprint density at radius 3 is 2.87 bits per heavy atom. The number of aromatic nitrogens is 2. The van der Waals surface area contributed by atoms with Crippen molar-refractivity contribution >= 4 is 12.0 Å². The number of nitrogens with zero attached hydrogens (tertiary/aromatic N) is 3. The molecule has 6 nitrogen and oxygen atoms in total. The molecule has 2 aliphatic rings. The van der Waals surface area contributed by atoms with Crippen LogP contribution in [0.1, 0.15) is 45.7 Å². The number of imidazole rings is 1. The van der Waals surface area contributed by atoms with Crippen LogP contribution in [0.2, 0.25) is 0 Å². The Morgan fingerprint density at radius 1 is 1.35 bits per heavy atom. The van der Waals surface area contributed by atoms with E-state index in [9.17, 15) is 4.79 Å². The van der Waals surface area contributed by atoms with Crippen LogP contribution in [-0.2, 0) is 11.3 Å². The third kappa shape index (κ3) is 3.79. The van der Waals surface area contributed by atoms with Crippen molar-refractivity contribution < 1.29 is 9.53 Å². The summed E-state index contributed by atoms with van der Waals surface area (Å²) in [5, 5.41) is 3.57. The van der Waals surface area contributed by atoms with E-state index in [0.717, 1.165) is 50.5 Å². The van der Waals surface area contributed by atoms with Gasteiger partial charge in [0.25, 0.3) is 0 Å². The number of amides is 1. The molecular weight excluding hydrogens is 292 g/mol. The summed E-state index contributed by atoms with van der Waals surface area (Å²) >= 11 is 0. The van der Waals surface area contributed by atoms with Crippen molar-refractivity contribution in [1.29, 1.82) is 0 Å². The van der Waals surface area contributed by atoms with Crippen molar-refractivity contribution in [2.45, 2.75) is 65.1 Å². The lowest BCUT2D eigenvalue weighted by molar-refractivity contribution is 0.0153. The van der Waals surface area contributed by atoms with Gasteiger partial charge in [-0.25, -0.2) is 9.78 Å². The van der Waals surface area contributed by atoms with Gasteiger partial charge >= 0.3 is 6.09 Å². The van der Waals surface area contributed by atoms with Crippen molar-refractivity contribution in [2.75, 3.05) is 18.4 Å². The third-order valence-corrected chi connectivity index (χ3v) is 4.57. The van der Waals surface area contributed by atoms with Gasteiger partial charge in [0.1, 0.15) is 5.60 Å². The molecule has 3 rings (SSSR count). The van der Waals surface area contributed by atoms with Crippen LogP contribution >= 0.6 is 0 Å². The Kier molecular flexibility index (Phi) is 4.25. The summed E-state index contributed by atoms with van der Waals surface area (Å²) in [4.78, 5) is 18.7. The summed E-state index contributed by atoms with van der Waals surface area (Å²) in [7, 11) is 0. The van der Waals surface area contributed by atoms with E-state index in [1.165, 1.54) is 0 Å². The number of hydrogen-bond acceptors (Lipinski definition) is 4. The molecule has 0 aliphatic carbocycles. The van der Waals surface area contributed by atoms with Gasteiger partial charge in [-0.2, -0.15) is 0 Å². The molecule has 1 aromatic heterocycles. The Hall–Kier alpha value is -1.72. The van der Waals surface area contributed by atoms with E-state index >= 15 is 0 Å². The van der Waals surface area contributed by atoms with Crippen molar-refractivity contribution in [3.63, 3.8) is 0 Å². The Bertz CT molecular complexity index is 576. The fourth-order valence-corrected chi connectivity index (χ4v) is 3.53. The van der Waals surface area contributed by atoms with Crippen molar-refractivity contribution in [3.05, 3.63) is 11.9 Å². The lowest BCUT2D eigenvalue weighted by atomic mass is 9.88. The number of anilines is 1. The number of piperidine rings is 1. The Morgan fingerprint density at radius 2 is 2.13 bits per heavy atom. The zero-order valence-corrected chi connectivity index (χ0v) is 14.6. The summed E-state index contributed by atoms with van der Waals surface area (Å²) in [6, 6.07) is 0.384. The minimum absolute atomic E-state index is 0.185. The van der Waals surface area contributed by atoms with Gasteiger partial charge in [-0.3, -0.25) is 0 Å². The van der Waals surface area contributed by atoms with E-state index in [2.05, 4.69) is 21.1 Å². The molecule has 0 aromatic carbocycles. The molecule has 23 heavy (non-hydrogen) atoms. The van der Waals surface area contributed by atoms with Crippen molar-refractivity contribution in [1.82, 2.24) is 14.5 Å². The number of carbonyl (C=O) groups is 1. The van der Waals surface area contributed by atoms with Crippen LogP contribution in [0.5, 0.6) is 0 Å². The molecule has 1 aromatic rings. The molecule has 2 aliphatic heterocycles. The first-order chi connectivity index (χ1) is 10.8. The minimum Gasteiger partial charge on any atom is -0.444 e. The summed E-state index contributed by atoms with van der Waals surface area (Å²) in [6.45, 7) is 10.3. The van der Waals surface area contributed by atoms with Gasteiger partial charge in [0.2, 0.25) is 5.95 Å². The third-order valence-electron chi connectivity index (χ3n) is 4.57. The van der Waals surface area contributed by atoms with Gasteiger partial charge in [-0.1, -0.05) is 0 Å². The summed E-state index contributed by atoms with van der Waals surface area (Å²) in [5.41, 5.74) is 0.613. The number of aryl methyl sites for hydroxylation is 2. The lowest BCUT2D eigenvalue weighted by Crippen LogP contribution is -2.48. The van der Waals surface area contributed by atoms with Crippen LogP contribution in [-0.4, -0.2) is 45.3 Å². The Labute approximate surface area is 138 Å². The predicted molar refractivity (Wildman–Crippen MR) is 89.5 cm³/mol. The molecule has 128 valence electrons. The summed E-state index contributed by atoms with van der Waals surface area (Å²) in [6.07, 6.45) is 5.17. The molecule has 0 saturated carbocycles.